The monoisotopic (exact) mass is 663 g/mol. The Balaban J connectivity index is 1.15. The molecule has 6 rings (SSSR count). The van der Waals surface area contributed by atoms with Gasteiger partial charge in [-0.1, -0.05) is 36.4 Å². The molecule has 1 aliphatic heterocycles. The number of aromatic amines is 1. The molecule has 1 atom stereocenters. The van der Waals surface area contributed by atoms with Crippen LogP contribution in [0.1, 0.15) is 54.4 Å². The fourth-order valence-electron chi connectivity index (χ4n) is 6.77. The number of hydrogen-bond donors (Lipinski definition) is 5. The summed E-state index contributed by atoms with van der Waals surface area (Å²) in [6, 6.07) is 21.9. The summed E-state index contributed by atoms with van der Waals surface area (Å²) in [5, 5.41) is 23.0. The van der Waals surface area contributed by atoms with E-state index < -0.39 is 6.04 Å². The van der Waals surface area contributed by atoms with Crippen molar-refractivity contribution in [3.05, 3.63) is 83.9 Å². The molecule has 12 heteroatoms. The Morgan fingerprint density at radius 2 is 1.63 bits per heavy atom. The molecule has 0 unspecified atom stereocenters. The summed E-state index contributed by atoms with van der Waals surface area (Å²) < 4.78 is 0. The third-order valence-electron chi connectivity index (χ3n) is 9.69. The van der Waals surface area contributed by atoms with E-state index in [1.165, 1.54) is 12.8 Å². The molecule has 0 radical (unpaired) electrons. The van der Waals surface area contributed by atoms with E-state index in [1.54, 1.807) is 12.1 Å². The average Bonchev–Trinajstić information content (AvgIpc) is 3.88. The Hall–Kier alpha value is -4.94. The SMILES string of the molecule is NC[C@H]1CC[C@H](C(=O)N[C@@H](Cc2cccc(-c3cccc(C(=O)NCCN4CCCC4)c3)c2)C(=O)Nc2ccc(-c3nnn[nH]3)cc2)CC1. The highest BCUT2D eigenvalue weighted by molar-refractivity contribution is 5.98. The van der Waals surface area contributed by atoms with Gasteiger partial charge in [-0.05, 0) is 128 Å². The van der Waals surface area contributed by atoms with Gasteiger partial charge in [0.25, 0.3) is 5.91 Å². The summed E-state index contributed by atoms with van der Waals surface area (Å²) in [7, 11) is 0. The molecule has 49 heavy (non-hydrogen) atoms. The van der Waals surface area contributed by atoms with E-state index in [0.717, 1.165) is 67.6 Å². The van der Waals surface area contributed by atoms with Crippen molar-refractivity contribution in [2.45, 2.75) is 51.0 Å². The van der Waals surface area contributed by atoms with Crippen LogP contribution in [0.3, 0.4) is 0 Å². The molecule has 1 saturated heterocycles. The summed E-state index contributed by atoms with van der Waals surface area (Å²) in [5.41, 5.74) is 10.6. The van der Waals surface area contributed by atoms with Gasteiger partial charge in [-0.25, -0.2) is 5.10 Å². The smallest absolute Gasteiger partial charge is 0.251 e. The van der Waals surface area contributed by atoms with Crippen molar-refractivity contribution >= 4 is 23.4 Å². The molecule has 2 aliphatic rings. The number of hydrogen-bond acceptors (Lipinski definition) is 8. The highest BCUT2D eigenvalue weighted by Crippen LogP contribution is 2.29. The van der Waals surface area contributed by atoms with Gasteiger partial charge < -0.3 is 26.6 Å². The number of nitrogens with one attached hydrogen (secondary N) is 4. The van der Waals surface area contributed by atoms with E-state index in [9.17, 15) is 14.4 Å². The minimum Gasteiger partial charge on any atom is -0.351 e. The van der Waals surface area contributed by atoms with Crippen LogP contribution in [-0.4, -0.2) is 82.0 Å². The lowest BCUT2D eigenvalue weighted by molar-refractivity contribution is -0.130. The second-order valence-corrected chi connectivity index (χ2v) is 13.1. The third-order valence-corrected chi connectivity index (χ3v) is 9.69. The molecule has 12 nitrogen and oxygen atoms in total. The van der Waals surface area contributed by atoms with Gasteiger partial charge >= 0.3 is 0 Å². The van der Waals surface area contributed by atoms with Crippen molar-refractivity contribution < 1.29 is 14.4 Å². The molecule has 4 aromatic rings. The molecular weight excluding hydrogens is 618 g/mol. The van der Waals surface area contributed by atoms with Crippen LogP contribution in [0.25, 0.3) is 22.5 Å². The fraction of sp³-hybridized carbons (Fsp3) is 0.405. The van der Waals surface area contributed by atoms with Crippen LogP contribution >= 0.6 is 0 Å². The lowest BCUT2D eigenvalue weighted by Gasteiger charge is -2.28. The number of amides is 3. The normalized spacial score (nSPS) is 18.5. The number of aromatic nitrogens is 4. The van der Waals surface area contributed by atoms with Crippen molar-refractivity contribution in [3.8, 4) is 22.5 Å². The van der Waals surface area contributed by atoms with E-state index >= 15 is 0 Å². The molecule has 0 spiro atoms. The zero-order chi connectivity index (χ0) is 34.0. The maximum absolute atomic E-state index is 13.8. The first-order valence-corrected chi connectivity index (χ1v) is 17.3. The van der Waals surface area contributed by atoms with Crippen LogP contribution in [0.2, 0.25) is 0 Å². The number of nitrogens with two attached hydrogens (primary N) is 1. The predicted molar refractivity (Wildman–Crippen MR) is 188 cm³/mol. The Labute approximate surface area is 286 Å². The minimum absolute atomic E-state index is 0.0947. The Kier molecular flexibility index (Phi) is 11.4. The Bertz CT molecular complexity index is 1700. The molecule has 0 bridgehead atoms. The number of carbonyl (C=O) groups excluding carboxylic acids is 3. The van der Waals surface area contributed by atoms with Crippen LogP contribution in [0.5, 0.6) is 0 Å². The first kappa shape index (κ1) is 33.9. The van der Waals surface area contributed by atoms with E-state index in [2.05, 4.69) is 41.5 Å². The van der Waals surface area contributed by atoms with Crippen molar-refractivity contribution in [1.29, 1.82) is 0 Å². The third kappa shape index (κ3) is 9.15. The molecule has 3 amide bonds. The van der Waals surface area contributed by atoms with Crippen LogP contribution in [0.15, 0.2) is 72.8 Å². The largest absolute Gasteiger partial charge is 0.351 e. The molecule has 1 aromatic heterocycles. The second kappa shape index (κ2) is 16.4. The number of benzene rings is 3. The zero-order valence-corrected chi connectivity index (χ0v) is 27.7. The quantitative estimate of drug-likeness (QED) is 0.144. The summed E-state index contributed by atoms with van der Waals surface area (Å²) in [4.78, 5) is 42.6. The minimum atomic E-state index is -0.805. The number of nitrogens with zero attached hydrogens (tertiary/aromatic N) is 4. The first-order chi connectivity index (χ1) is 23.9. The van der Waals surface area contributed by atoms with Crippen molar-refractivity contribution in [1.82, 2.24) is 36.2 Å². The van der Waals surface area contributed by atoms with E-state index in [0.29, 0.717) is 42.5 Å². The Morgan fingerprint density at radius 1 is 0.898 bits per heavy atom. The average molecular weight is 664 g/mol. The standard InChI is InChI=1S/C37H45N9O3/c38-24-25-9-11-28(12-10-25)36(48)41-33(37(49)40-32-15-13-27(14-16-32)34-42-44-45-43-34)22-26-5-3-6-29(21-26)30-7-4-8-31(23-30)35(47)39-17-20-46-18-1-2-19-46/h3-8,13-16,21,23,25,28,33H,1-2,9-12,17-20,22,24,38H2,(H,39,47)(H,40,49)(H,41,48)(H,42,43,44,45)/t25-,28-,33-/m0/s1. The summed E-state index contributed by atoms with van der Waals surface area (Å²) >= 11 is 0. The molecule has 1 saturated carbocycles. The topological polar surface area (TPSA) is 171 Å². The molecule has 256 valence electrons. The highest BCUT2D eigenvalue weighted by Gasteiger charge is 2.29. The van der Waals surface area contributed by atoms with Crippen LogP contribution in [-0.2, 0) is 16.0 Å². The molecule has 2 fully saturated rings. The van der Waals surface area contributed by atoms with Crippen LogP contribution in [0, 0.1) is 11.8 Å². The summed E-state index contributed by atoms with van der Waals surface area (Å²) in [6.45, 7) is 4.30. The summed E-state index contributed by atoms with van der Waals surface area (Å²) in [5.74, 6) is 0.308. The second-order valence-electron chi connectivity index (χ2n) is 13.1. The van der Waals surface area contributed by atoms with Crippen LogP contribution in [0.4, 0.5) is 5.69 Å². The molecular formula is C37H45N9O3. The number of tetrazole rings is 1. The number of likely N-dealkylation sites (tertiary alicyclic amines) is 1. The van der Waals surface area contributed by atoms with Gasteiger partial charge in [0.2, 0.25) is 11.8 Å². The number of rotatable bonds is 13. The van der Waals surface area contributed by atoms with Gasteiger partial charge in [0.15, 0.2) is 5.82 Å². The lowest BCUT2D eigenvalue weighted by atomic mass is 9.81. The molecule has 3 aromatic carbocycles. The predicted octanol–water partition coefficient (Wildman–Crippen LogP) is 3.79. The van der Waals surface area contributed by atoms with Crippen molar-refractivity contribution in [2.75, 3.05) is 38.0 Å². The van der Waals surface area contributed by atoms with Gasteiger partial charge in [-0.2, -0.15) is 0 Å². The maximum atomic E-state index is 13.8. The van der Waals surface area contributed by atoms with E-state index in [1.807, 2.05) is 60.7 Å². The summed E-state index contributed by atoms with van der Waals surface area (Å²) in [6.07, 6.45) is 6.09. The molecule has 6 N–H and O–H groups in total. The van der Waals surface area contributed by atoms with Crippen LogP contribution < -0.4 is 21.7 Å². The van der Waals surface area contributed by atoms with Gasteiger partial charge in [-0.15, -0.1) is 5.10 Å². The van der Waals surface area contributed by atoms with Gasteiger partial charge in [0.05, 0.1) is 0 Å². The lowest BCUT2D eigenvalue weighted by Crippen LogP contribution is -2.48. The highest BCUT2D eigenvalue weighted by atomic mass is 16.2. The van der Waals surface area contributed by atoms with E-state index in [-0.39, 0.29) is 23.6 Å². The van der Waals surface area contributed by atoms with Crippen molar-refractivity contribution in [2.24, 2.45) is 17.6 Å². The molecule has 1 aliphatic carbocycles. The number of carbonyl (C=O) groups is 3. The number of H-pyrrole nitrogens is 1. The fourth-order valence-corrected chi connectivity index (χ4v) is 6.77. The number of anilines is 1. The maximum Gasteiger partial charge on any atom is 0.251 e. The van der Waals surface area contributed by atoms with Crippen molar-refractivity contribution in [3.63, 3.8) is 0 Å². The van der Waals surface area contributed by atoms with Gasteiger partial charge in [0, 0.05) is 42.2 Å². The molecule has 2 heterocycles. The van der Waals surface area contributed by atoms with Gasteiger partial charge in [-0.3, -0.25) is 14.4 Å². The van der Waals surface area contributed by atoms with E-state index in [4.69, 9.17) is 5.73 Å². The van der Waals surface area contributed by atoms with Gasteiger partial charge in [0.1, 0.15) is 6.04 Å². The first-order valence-electron chi connectivity index (χ1n) is 17.3. The Morgan fingerprint density at radius 3 is 2.35 bits per heavy atom. The zero-order valence-electron chi connectivity index (χ0n) is 27.7.